The molecule has 170 valence electrons. The van der Waals surface area contributed by atoms with E-state index in [1.165, 1.54) is 11.3 Å². The number of nitrogens with one attached hydrogen (secondary N) is 1. The van der Waals surface area contributed by atoms with Crippen molar-refractivity contribution in [2.24, 2.45) is 5.41 Å². The molecular weight excluding hydrogens is 432 g/mol. The van der Waals surface area contributed by atoms with Crippen LogP contribution in [-0.2, 0) is 16.0 Å². The van der Waals surface area contributed by atoms with E-state index < -0.39 is 0 Å². The molecule has 1 N–H and O–H groups in total. The molecular formula is C21H26N6O4S. The van der Waals surface area contributed by atoms with Crippen LogP contribution in [0, 0.1) is 5.41 Å². The third kappa shape index (κ3) is 3.91. The van der Waals surface area contributed by atoms with Crippen molar-refractivity contribution in [1.82, 2.24) is 19.7 Å². The summed E-state index contributed by atoms with van der Waals surface area (Å²) in [6.07, 6.45) is 7.29. The first-order valence-corrected chi connectivity index (χ1v) is 11.4. The summed E-state index contributed by atoms with van der Waals surface area (Å²) >= 11 is 1.43. The first-order chi connectivity index (χ1) is 15.6. The van der Waals surface area contributed by atoms with Gasteiger partial charge in [0, 0.05) is 38.4 Å². The van der Waals surface area contributed by atoms with Crippen LogP contribution in [0.3, 0.4) is 0 Å². The van der Waals surface area contributed by atoms with Crippen LogP contribution in [0.4, 0.5) is 10.8 Å². The zero-order chi connectivity index (χ0) is 22.1. The Morgan fingerprint density at radius 1 is 1.34 bits per heavy atom. The number of nitrogens with zero attached hydrogens (tertiary/aromatic N) is 5. The lowest BCUT2D eigenvalue weighted by atomic mass is 9.87. The summed E-state index contributed by atoms with van der Waals surface area (Å²) in [6.45, 7) is 4.66. The second-order valence-electron chi connectivity index (χ2n) is 8.26. The van der Waals surface area contributed by atoms with Gasteiger partial charge in [-0.1, -0.05) is 11.3 Å². The summed E-state index contributed by atoms with van der Waals surface area (Å²) in [6, 6.07) is 0. The zero-order valence-corrected chi connectivity index (χ0v) is 19.0. The number of methoxy groups -OCH3 is 2. The van der Waals surface area contributed by atoms with E-state index in [-0.39, 0.29) is 11.3 Å². The highest BCUT2D eigenvalue weighted by Gasteiger charge is 2.42. The Morgan fingerprint density at radius 2 is 2.25 bits per heavy atom. The minimum Gasteiger partial charge on any atom is -0.479 e. The number of amides is 1. The quantitative estimate of drug-likeness (QED) is 0.576. The van der Waals surface area contributed by atoms with Crippen molar-refractivity contribution in [3.8, 4) is 5.88 Å². The molecule has 5 rings (SSSR count). The molecule has 11 heteroatoms. The summed E-state index contributed by atoms with van der Waals surface area (Å²) in [4.78, 5) is 24.2. The fraction of sp³-hybridized carbons (Fsp3) is 0.524. The van der Waals surface area contributed by atoms with Gasteiger partial charge in [-0.3, -0.25) is 14.8 Å². The number of pyridine rings is 1. The van der Waals surface area contributed by atoms with Gasteiger partial charge in [-0.05, 0) is 12.8 Å². The lowest BCUT2D eigenvalue weighted by Crippen LogP contribution is -2.27. The van der Waals surface area contributed by atoms with E-state index in [9.17, 15) is 4.79 Å². The SMILES string of the molecule is COCCn1cc(C(=O)Nc2nc3c(OC)ncc(N4CCC5(CCOC5)C4)c3s2)cn1. The maximum atomic E-state index is 12.7. The van der Waals surface area contributed by atoms with Gasteiger partial charge in [0.1, 0.15) is 5.52 Å². The molecule has 32 heavy (non-hydrogen) atoms. The monoisotopic (exact) mass is 458 g/mol. The number of thiazole rings is 1. The van der Waals surface area contributed by atoms with E-state index in [0.717, 1.165) is 49.5 Å². The van der Waals surface area contributed by atoms with Gasteiger partial charge in [0.05, 0.1) is 55.2 Å². The molecule has 1 unspecified atom stereocenters. The van der Waals surface area contributed by atoms with Gasteiger partial charge in [0.2, 0.25) is 5.88 Å². The first-order valence-electron chi connectivity index (χ1n) is 10.6. The summed E-state index contributed by atoms with van der Waals surface area (Å²) in [5.74, 6) is 0.190. The van der Waals surface area contributed by atoms with Crippen LogP contribution in [0.1, 0.15) is 23.2 Å². The number of carbonyl (C=O) groups is 1. The Hall–Kier alpha value is -2.76. The highest BCUT2D eigenvalue weighted by molar-refractivity contribution is 7.23. The molecule has 3 aromatic heterocycles. The molecule has 3 aromatic rings. The zero-order valence-electron chi connectivity index (χ0n) is 18.2. The Labute approximate surface area is 189 Å². The van der Waals surface area contributed by atoms with E-state index in [4.69, 9.17) is 14.2 Å². The van der Waals surface area contributed by atoms with Crippen LogP contribution >= 0.6 is 11.3 Å². The molecule has 1 spiro atoms. The Kier molecular flexibility index (Phi) is 5.70. The van der Waals surface area contributed by atoms with Crippen LogP contribution in [0.5, 0.6) is 5.88 Å². The number of hydrogen-bond donors (Lipinski definition) is 1. The number of ether oxygens (including phenoxy) is 3. The second kappa shape index (κ2) is 8.64. The Bertz CT molecular complexity index is 1120. The number of rotatable bonds is 7. The van der Waals surface area contributed by atoms with Gasteiger partial charge in [-0.15, -0.1) is 0 Å². The van der Waals surface area contributed by atoms with Gasteiger partial charge in [0.15, 0.2) is 5.13 Å². The van der Waals surface area contributed by atoms with Crippen molar-refractivity contribution in [2.75, 3.05) is 57.3 Å². The van der Waals surface area contributed by atoms with Crippen LogP contribution < -0.4 is 15.0 Å². The first kappa shape index (κ1) is 21.1. The summed E-state index contributed by atoms with van der Waals surface area (Å²) in [5, 5.41) is 7.60. The molecule has 2 saturated heterocycles. The number of hydrogen-bond acceptors (Lipinski definition) is 9. The van der Waals surface area contributed by atoms with E-state index in [0.29, 0.717) is 35.2 Å². The molecule has 2 fully saturated rings. The van der Waals surface area contributed by atoms with Crippen molar-refractivity contribution in [3.05, 3.63) is 24.2 Å². The van der Waals surface area contributed by atoms with Crippen LogP contribution in [-0.4, -0.2) is 72.8 Å². The second-order valence-corrected chi connectivity index (χ2v) is 9.26. The molecule has 2 aliphatic rings. The number of aromatic nitrogens is 4. The minimum absolute atomic E-state index is 0.233. The van der Waals surface area contributed by atoms with Crippen molar-refractivity contribution in [3.63, 3.8) is 0 Å². The number of anilines is 2. The van der Waals surface area contributed by atoms with Gasteiger partial charge in [-0.2, -0.15) is 5.10 Å². The van der Waals surface area contributed by atoms with Crippen molar-refractivity contribution >= 4 is 38.3 Å². The summed E-state index contributed by atoms with van der Waals surface area (Å²) < 4.78 is 18.8. The van der Waals surface area contributed by atoms with E-state index in [1.807, 2.05) is 6.20 Å². The van der Waals surface area contributed by atoms with Crippen LogP contribution in [0.15, 0.2) is 18.6 Å². The van der Waals surface area contributed by atoms with Gasteiger partial charge in [-0.25, -0.2) is 9.97 Å². The standard InChI is InChI=1S/C21H26N6O4S/c1-29-8-6-27-11-14(9-23-27)18(28)25-20-24-16-17(32-20)15(10-22-19(16)30-2)26-5-3-21(12-26)4-7-31-13-21/h9-11H,3-8,12-13H2,1-2H3,(H,24,25,28). The molecule has 5 heterocycles. The molecule has 2 aliphatic heterocycles. The maximum absolute atomic E-state index is 12.7. The van der Waals surface area contributed by atoms with Crippen molar-refractivity contribution in [2.45, 2.75) is 19.4 Å². The molecule has 0 saturated carbocycles. The Balaban J connectivity index is 1.39. The molecule has 0 aromatic carbocycles. The number of carbonyl (C=O) groups excluding carboxylic acids is 1. The van der Waals surface area contributed by atoms with E-state index in [1.54, 1.807) is 31.3 Å². The lowest BCUT2D eigenvalue weighted by molar-refractivity contribution is 0.102. The van der Waals surface area contributed by atoms with Gasteiger partial charge in [0.25, 0.3) is 5.91 Å². The smallest absolute Gasteiger partial charge is 0.260 e. The fourth-order valence-electron chi connectivity index (χ4n) is 4.38. The fourth-order valence-corrected chi connectivity index (χ4v) is 5.37. The predicted molar refractivity (Wildman–Crippen MR) is 121 cm³/mol. The summed E-state index contributed by atoms with van der Waals surface area (Å²) in [5.41, 5.74) is 2.38. The normalized spacial score (nSPS) is 20.5. The minimum atomic E-state index is -0.260. The average Bonchev–Trinajstić information content (AvgIpc) is 3.59. The molecule has 1 atom stereocenters. The lowest BCUT2D eigenvalue weighted by Gasteiger charge is -2.23. The topological polar surface area (TPSA) is 104 Å². The molecule has 1 amide bonds. The van der Waals surface area contributed by atoms with Crippen LogP contribution in [0.2, 0.25) is 0 Å². The van der Waals surface area contributed by atoms with Crippen molar-refractivity contribution < 1.29 is 19.0 Å². The summed E-state index contributed by atoms with van der Waals surface area (Å²) in [7, 11) is 3.21. The molecule has 0 aliphatic carbocycles. The molecule has 10 nitrogen and oxygen atoms in total. The molecule has 0 bridgehead atoms. The predicted octanol–water partition coefficient (Wildman–Crippen LogP) is 2.41. The van der Waals surface area contributed by atoms with E-state index in [2.05, 4.69) is 25.3 Å². The van der Waals surface area contributed by atoms with Crippen LogP contribution in [0.25, 0.3) is 10.2 Å². The van der Waals surface area contributed by atoms with Gasteiger partial charge >= 0.3 is 0 Å². The highest BCUT2D eigenvalue weighted by atomic mass is 32.1. The largest absolute Gasteiger partial charge is 0.479 e. The Morgan fingerprint density at radius 3 is 3.03 bits per heavy atom. The van der Waals surface area contributed by atoms with Crippen molar-refractivity contribution in [1.29, 1.82) is 0 Å². The third-order valence-electron chi connectivity index (χ3n) is 6.16. The third-order valence-corrected chi connectivity index (χ3v) is 7.16. The number of fused-ring (bicyclic) bond motifs is 1. The molecule has 0 radical (unpaired) electrons. The maximum Gasteiger partial charge on any atom is 0.260 e. The van der Waals surface area contributed by atoms with E-state index >= 15 is 0 Å². The highest BCUT2D eigenvalue weighted by Crippen LogP contribution is 2.44. The van der Waals surface area contributed by atoms with Gasteiger partial charge < -0.3 is 19.1 Å². The average molecular weight is 459 g/mol.